The van der Waals surface area contributed by atoms with Gasteiger partial charge in [-0.05, 0) is 31.2 Å². The maximum absolute atomic E-state index is 12.6. The van der Waals surface area contributed by atoms with Gasteiger partial charge in [-0.2, -0.15) is 4.99 Å². The number of nitrogens with zero attached hydrogens (tertiary/aromatic N) is 2. The van der Waals surface area contributed by atoms with Gasteiger partial charge in [0, 0.05) is 16.5 Å². The summed E-state index contributed by atoms with van der Waals surface area (Å²) in [5.74, 6) is -0.0828. The second kappa shape index (κ2) is 6.55. The summed E-state index contributed by atoms with van der Waals surface area (Å²) in [6.07, 6.45) is 0. The fraction of sp³-hybridized carbons (Fsp3) is 0.263. The van der Waals surface area contributed by atoms with E-state index in [4.69, 9.17) is 0 Å². The van der Waals surface area contributed by atoms with Gasteiger partial charge in [0.1, 0.15) is 0 Å². The molecule has 7 heteroatoms. The molecule has 0 saturated carbocycles. The maximum Gasteiger partial charge on any atom is 0.279 e. The van der Waals surface area contributed by atoms with E-state index in [0.29, 0.717) is 10.7 Å². The second-order valence-corrected chi connectivity index (χ2v) is 9.94. The van der Waals surface area contributed by atoms with E-state index in [1.165, 1.54) is 11.8 Å². The number of amides is 1. The molecule has 2 aliphatic heterocycles. The van der Waals surface area contributed by atoms with E-state index in [2.05, 4.69) is 4.99 Å². The molecule has 2 saturated heterocycles. The van der Waals surface area contributed by atoms with Crippen LogP contribution in [0.25, 0.3) is 0 Å². The lowest BCUT2D eigenvalue weighted by Crippen LogP contribution is -2.37. The van der Waals surface area contributed by atoms with Gasteiger partial charge in [0.25, 0.3) is 5.91 Å². The van der Waals surface area contributed by atoms with Crippen molar-refractivity contribution in [2.24, 2.45) is 4.99 Å². The van der Waals surface area contributed by atoms with Crippen LogP contribution in [0.5, 0.6) is 0 Å². The molecule has 0 aliphatic carbocycles. The SMILES string of the molecule is Cc1cccc(C(=O)N=C2SC3CS(=O)(=O)CC3N2c2ccccc2)c1. The van der Waals surface area contributed by atoms with Crippen LogP contribution in [0.15, 0.2) is 59.6 Å². The zero-order valence-electron chi connectivity index (χ0n) is 14.2. The van der Waals surface area contributed by atoms with Crippen LogP contribution >= 0.6 is 11.8 Å². The number of rotatable bonds is 2. The van der Waals surface area contributed by atoms with Crippen molar-refractivity contribution in [2.75, 3.05) is 16.4 Å². The summed E-state index contributed by atoms with van der Waals surface area (Å²) in [6, 6.07) is 16.7. The Hall–Kier alpha value is -2.12. The number of hydrogen-bond donors (Lipinski definition) is 0. The number of carbonyl (C=O) groups excluding carboxylic acids is 1. The molecule has 2 fully saturated rings. The Morgan fingerprint density at radius 3 is 2.62 bits per heavy atom. The minimum Gasteiger partial charge on any atom is -0.316 e. The molecule has 2 aliphatic rings. The van der Waals surface area contributed by atoms with Crippen molar-refractivity contribution in [3.63, 3.8) is 0 Å². The van der Waals surface area contributed by atoms with E-state index >= 15 is 0 Å². The molecule has 134 valence electrons. The van der Waals surface area contributed by atoms with E-state index in [1.54, 1.807) is 6.07 Å². The molecule has 2 heterocycles. The first-order valence-electron chi connectivity index (χ1n) is 8.34. The predicted octanol–water partition coefficient (Wildman–Crippen LogP) is 2.91. The quantitative estimate of drug-likeness (QED) is 0.794. The molecule has 0 radical (unpaired) electrons. The van der Waals surface area contributed by atoms with Crippen LogP contribution in [0.3, 0.4) is 0 Å². The van der Waals surface area contributed by atoms with Crippen molar-refractivity contribution in [3.05, 3.63) is 65.7 Å². The Kier molecular flexibility index (Phi) is 4.36. The number of fused-ring (bicyclic) bond motifs is 1. The summed E-state index contributed by atoms with van der Waals surface area (Å²) in [5, 5.41) is 0.483. The van der Waals surface area contributed by atoms with Crippen LogP contribution in [0.4, 0.5) is 5.69 Å². The molecular weight excluding hydrogens is 368 g/mol. The molecule has 4 rings (SSSR count). The molecule has 26 heavy (non-hydrogen) atoms. The molecule has 2 aromatic carbocycles. The summed E-state index contributed by atoms with van der Waals surface area (Å²) >= 11 is 1.39. The lowest BCUT2D eigenvalue weighted by Gasteiger charge is -2.24. The number of benzene rings is 2. The molecule has 0 aromatic heterocycles. The fourth-order valence-electron chi connectivity index (χ4n) is 3.38. The number of carbonyl (C=O) groups is 1. The summed E-state index contributed by atoms with van der Waals surface area (Å²) in [6.45, 7) is 1.93. The molecule has 0 N–H and O–H groups in total. The number of hydrogen-bond acceptors (Lipinski definition) is 4. The molecule has 2 atom stereocenters. The normalized spacial score (nSPS) is 25.4. The largest absolute Gasteiger partial charge is 0.316 e. The van der Waals surface area contributed by atoms with Crippen LogP contribution in [-0.2, 0) is 9.84 Å². The minimum absolute atomic E-state index is 0.0933. The van der Waals surface area contributed by atoms with Crippen LogP contribution in [0, 0.1) is 6.92 Å². The van der Waals surface area contributed by atoms with E-state index in [1.807, 2.05) is 60.4 Å². The van der Waals surface area contributed by atoms with Gasteiger partial charge >= 0.3 is 0 Å². The molecule has 1 amide bonds. The molecule has 0 bridgehead atoms. The number of aryl methyl sites for hydroxylation is 1. The highest BCUT2D eigenvalue weighted by atomic mass is 32.2. The van der Waals surface area contributed by atoms with Gasteiger partial charge in [0.2, 0.25) is 0 Å². The Balaban J connectivity index is 1.72. The van der Waals surface area contributed by atoms with Gasteiger partial charge in [-0.1, -0.05) is 47.7 Å². The standard InChI is InChI=1S/C19H18N2O3S2/c1-13-6-5-7-14(10-13)18(22)20-19-21(15-8-3-2-4-9-15)16-11-26(23,24)12-17(16)25-19/h2-10,16-17H,11-12H2,1H3. The van der Waals surface area contributed by atoms with Crippen LogP contribution in [-0.4, -0.2) is 42.3 Å². The number of anilines is 1. The Morgan fingerprint density at radius 1 is 1.12 bits per heavy atom. The average Bonchev–Trinajstić information content (AvgIpc) is 3.06. The van der Waals surface area contributed by atoms with Gasteiger partial charge in [-0.3, -0.25) is 4.79 Å². The third-order valence-electron chi connectivity index (χ3n) is 4.56. The van der Waals surface area contributed by atoms with Crippen molar-refractivity contribution < 1.29 is 13.2 Å². The molecular formula is C19H18N2O3S2. The monoisotopic (exact) mass is 386 g/mol. The zero-order valence-corrected chi connectivity index (χ0v) is 15.8. The second-order valence-electron chi connectivity index (χ2n) is 6.58. The van der Waals surface area contributed by atoms with Gasteiger partial charge in [0.15, 0.2) is 15.0 Å². The van der Waals surface area contributed by atoms with Gasteiger partial charge in [0.05, 0.1) is 17.5 Å². The molecule has 5 nitrogen and oxygen atoms in total. The van der Waals surface area contributed by atoms with Gasteiger partial charge < -0.3 is 4.90 Å². The number of thioether (sulfide) groups is 1. The van der Waals surface area contributed by atoms with Crippen molar-refractivity contribution >= 4 is 38.4 Å². The van der Waals surface area contributed by atoms with E-state index in [-0.39, 0.29) is 28.7 Å². The van der Waals surface area contributed by atoms with E-state index in [0.717, 1.165) is 11.3 Å². The number of aliphatic imine (C=N–C) groups is 1. The predicted molar refractivity (Wildman–Crippen MR) is 106 cm³/mol. The van der Waals surface area contributed by atoms with Crippen LogP contribution < -0.4 is 4.90 Å². The first kappa shape index (κ1) is 17.3. The molecule has 0 spiro atoms. The summed E-state index contributed by atoms with van der Waals surface area (Å²) in [5.41, 5.74) is 2.40. The minimum atomic E-state index is -3.06. The first-order chi connectivity index (χ1) is 12.4. The lowest BCUT2D eigenvalue weighted by molar-refractivity contribution is 0.100. The Labute approximate surface area is 157 Å². The van der Waals surface area contributed by atoms with Gasteiger partial charge in [-0.15, -0.1) is 0 Å². The Morgan fingerprint density at radius 2 is 1.88 bits per heavy atom. The van der Waals surface area contributed by atoms with Crippen molar-refractivity contribution in [3.8, 4) is 0 Å². The van der Waals surface area contributed by atoms with E-state index < -0.39 is 9.84 Å². The third kappa shape index (κ3) is 3.29. The summed E-state index contributed by atoms with van der Waals surface area (Å²) in [4.78, 5) is 18.9. The Bertz CT molecular complexity index is 987. The molecule has 2 aromatic rings. The third-order valence-corrected chi connectivity index (χ3v) is 7.77. The average molecular weight is 386 g/mol. The number of amidine groups is 1. The van der Waals surface area contributed by atoms with Crippen molar-refractivity contribution in [1.82, 2.24) is 0 Å². The fourth-order valence-corrected chi connectivity index (χ4v) is 7.30. The van der Waals surface area contributed by atoms with Crippen molar-refractivity contribution in [1.29, 1.82) is 0 Å². The highest BCUT2D eigenvalue weighted by Gasteiger charge is 2.49. The maximum atomic E-state index is 12.6. The van der Waals surface area contributed by atoms with Crippen LogP contribution in [0.1, 0.15) is 15.9 Å². The highest BCUT2D eigenvalue weighted by Crippen LogP contribution is 2.40. The lowest BCUT2D eigenvalue weighted by atomic mass is 10.1. The van der Waals surface area contributed by atoms with Crippen LogP contribution in [0.2, 0.25) is 0 Å². The zero-order chi connectivity index (χ0) is 18.3. The smallest absolute Gasteiger partial charge is 0.279 e. The summed E-state index contributed by atoms with van der Waals surface area (Å²) < 4.78 is 24.1. The van der Waals surface area contributed by atoms with E-state index in [9.17, 15) is 13.2 Å². The van der Waals surface area contributed by atoms with Gasteiger partial charge in [-0.25, -0.2) is 8.42 Å². The molecule has 2 unspecified atom stereocenters. The topological polar surface area (TPSA) is 66.8 Å². The first-order valence-corrected chi connectivity index (χ1v) is 11.0. The van der Waals surface area contributed by atoms with Crippen molar-refractivity contribution in [2.45, 2.75) is 18.2 Å². The number of sulfone groups is 1. The summed E-state index contributed by atoms with van der Waals surface area (Å²) in [7, 11) is -3.06. The highest BCUT2D eigenvalue weighted by molar-refractivity contribution is 8.16. The number of para-hydroxylation sites is 1.